The Kier molecular flexibility index (Phi) is 10.1. The Bertz CT molecular complexity index is 2040. The van der Waals surface area contributed by atoms with Crippen LogP contribution in [0.5, 0.6) is 23.0 Å². The number of benzene rings is 3. The number of hydrogen-bond acceptors (Lipinski definition) is 10. The van der Waals surface area contributed by atoms with Crippen molar-refractivity contribution in [2.24, 2.45) is 4.99 Å². The van der Waals surface area contributed by atoms with Gasteiger partial charge in [-0.2, -0.15) is 5.26 Å². The average molecular weight is 660 g/mol. The van der Waals surface area contributed by atoms with E-state index in [1.807, 2.05) is 19.9 Å². The van der Waals surface area contributed by atoms with E-state index in [1.54, 1.807) is 54.6 Å². The maximum atomic E-state index is 14.0. The highest BCUT2D eigenvalue weighted by atomic mass is 35.5. The molecule has 1 atom stereocenters. The van der Waals surface area contributed by atoms with Crippen LogP contribution in [0.4, 0.5) is 0 Å². The van der Waals surface area contributed by atoms with Crippen molar-refractivity contribution in [2.45, 2.75) is 26.5 Å². The molecule has 1 aliphatic rings. The predicted molar refractivity (Wildman–Crippen MR) is 173 cm³/mol. The first-order chi connectivity index (χ1) is 22.3. The van der Waals surface area contributed by atoms with E-state index in [0.717, 1.165) is 0 Å². The van der Waals surface area contributed by atoms with E-state index in [1.165, 1.54) is 36.3 Å². The van der Waals surface area contributed by atoms with Crippen molar-refractivity contribution in [1.82, 2.24) is 4.57 Å². The van der Waals surface area contributed by atoms with Gasteiger partial charge in [-0.1, -0.05) is 47.2 Å². The van der Waals surface area contributed by atoms with Crippen molar-refractivity contribution >= 4 is 35.0 Å². The van der Waals surface area contributed by atoms with Crippen molar-refractivity contribution in [3.05, 3.63) is 113 Å². The summed E-state index contributed by atoms with van der Waals surface area (Å²) in [6.07, 6.45) is 3.11. The number of halogens is 1. The molecular weight excluding hydrogens is 630 g/mol. The fourth-order valence-corrected chi connectivity index (χ4v) is 6.25. The highest BCUT2D eigenvalue weighted by Gasteiger charge is 2.31. The average Bonchev–Trinajstić information content (AvgIpc) is 3.38. The van der Waals surface area contributed by atoms with E-state index >= 15 is 0 Å². The molecule has 1 aromatic heterocycles. The van der Waals surface area contributed by atoms with Gasteiger partial charge in [0, 0.05) is 11.8 Å². The Hall–Kier alpha value is -5.05. The zero-order valence-corrected chi connectivity index (χ0v) is 27.1. The van der Waals surface area contributed by atoms with Gasteiger partial charge in [0.25, 0.3) is 5.56 Å². The molecule has 0 fully saturated rings. The first-order valence-corrected chi connectivity index (χ1v) is 15.5. The number of ether oxygens (including phenoxy) is 5. The lowest BCUT2D eigenvalue weighted by atomic mass is 9.97. The molecule has 12 heteroatoms. The number of thiazole rings is 1. The maximum absolute atomic E-state index is 14.0. The third-order valence-electron chi connectivity index (χ3n) is 7.07. The van der Waals surface area contributed by atoms with Gasteiger partial charge in [-0.05, 0) is 61.4 Å². The Morgan fingerprint density at radius 1 is 1.04 bits per heavy atom. The van der Waals surface area contributed by atoms with Gasteiger partial charge in [-0.3, -0.25) is 9.36 Å². The number of rotatable bonds is 11. The monoisotopic (exact) mass is 659 g/mol. The molecule has 10 nitrogen and oxygen atoms in total. The summed E-state index contributed by atoms with van der Waals surface area (Å²) in [5, 5.41) is 9.66. The van der Waals surface area contributed by atoms with E-state index in [0.29, 0.717) is 67.8 Å². The van der Waals surface area contributed by atoms with Gasteiger partial charge in [-0.25, -0.2) is 9.79 Å². The minimum absolute atomic E-state index is 0.108. The van der Waals surface area contributed by atoms with E-state index in [4.69, 9.17) is 35.3 Å². The van der Waals surface area contributed by atoms with Crippen LogP contribution in [-0.4, -0.2) is 38.0 Å². The summed E-state index contributed by atoms with van der Waals surface area (Å²) in [7, 11) is 2.77. The van der Waals surface area contributed by atoms with Crippen molar-refractivity contribution in [3.63, 3.8) is 0 Å². The van der Waals surface area contributed by atoms with Gasteiger partial charge >= 0.3 is 5.97 Å². The predicted octanol–water partition coefficient (Wildman–Crippen LogP) is 4.93. The zero-order chi connectivity index (χ0) is 32.8. The molecule has 4 aromatic rings. The number of carbonyl (C=O) groups is 1. The van der Waals surface area contributed by atoms with Gasteiger partial charge in [0.1, 0.15) is 6.61 Å². The molecule has 46 heavy (non-hydrogen) atoms. The van der Waals surface area contributed by atoms with Gasteiger partial charge in [-0.15, -0.1) is 0 Å². The molecule has 0 saturated heterocycles. The van der Waals surface area contributed by atoms with E-state index in [2.05, 4.69) is 11.1 Å². The highest BCUT2D eigenvalue weighted by Crippen LogP contribution is 2.38. The quantitative estimate of drug-likeness (QED) is 0.208. The van der Waals surface area contributed by atoms with Crippen molar-refractivity contribution < 1.29 is 28.5 Å². The van der Waals surface area contributed by atoms with Crippen molar-refractivity contribution in [3.8, 4) is 29.1 Å². The second kappa shape index (κ2) is 14.4. The summed E-state index contributed by atoms with van der Waals surface area (Å²) in [5.41, 5.74) is 2.24. The van der Waals surface area contributed by atoms with Gasteiger partial charge in [0.15, 0.2) is 27.8 Å². The van der Waals surface area contributed by atoms with Gasteiger partial charge in [0.2, 0.25) is 0 Å². The highest BCUT2D eigenvalue weighted by molar-refractivity contribution is 7.07. The largest absolute Gasteiger partial charge is 0.493 e. The zero-order valence-electron chi connectivity index (χ0n) is 25.5. The molecule has 0 amide bonds. The van der Waals surface area contributed by atoms with Crippen LogP contribution in [0.1, 0.15) is 42.1 Å². The Balaban J connectivity index is 1.56. The molecule has 236 valence electrons. The summed E-state index contributed by atoms with van der Waals surface area (Å²) in [5.74, 6) is 1.09. The van der Waals surface area contributed by atoms with E-state index < -0.39 is 12.0 Å². The fourth-order valence-electron chi connectivity index (χ4n) is 5.01. The second-order valence-electron chi connectivity index (χ2n) is 9.84. The molecule has 0 saturated carbocycles. The molecule has 0 aliphatic carbocycles. The molecule has 0 radical (unpaired) electrons. The molecule has 3 aromatic carbocycles. The number of aromatic nitrogens is 1. The smallest absolute Gasteiger partial charge is 0.337 e. The van der Waals surface area contributed by atoms with Crippen LogP contribution in [0.3, 0.4) is 0 Å². The van der Waals surface area contributed by atoms with Crippen LogP contribution < -0.4 is 33.8 Å². The number of hydrogen-bond donors (Lipinski definition) is 0. The third-order valence-corrected chi connectivity index (χ3v) is 8.35. The molecule has 0 N–H and O–H groups in total. The molecule has 0 spiro atoms. The van der Waals surface area contributed by atoms with Crippen LogP contribution >= 0.6 is 22.9 Å². The number of methoxy groups -OCH3 is 2. The maximum Gasteiger partial charge on any atom is 0.337 e. The second-order valence-corrected chi connectivity index (χ2v) is 11.3. The summed E-state index contributed by atoms with van der Waals surface area (Å²) in [6, 6.07) is 17.1. The van der Waals surface area contributed by atoms with Gasteiger partial charge in [0.05, 0.1) is 60.2 Å². The Labute approximate surface area is 274 Å². The van der Waals surface area contributed by atoms with Crippen molar-refractivity contribution in [1.29, 1.82) is 5.26 Å². The van der Waals surface area contributed by atoms with Crippen LogP contribution in [-0.2, 0) is 16.1 Å². The minimum Gasteiger partial charge on any atom is -0.493 e. The van der Waals surface area contributed by atoms with Crippen LogP contribution in [0.25, 0.3) is 6.08 Å². The fraction of sp³-hybridized carbons (Fsp3) is 0.235. The lowest BCUT2D eigenvalue weighted by Gasteiger charge is -2.23. The first kappa shape index (κ1) is 32.3. The first-order valence-electron chi connectivity index (χ1n) is 14.3. The Morgan fingerprint density at radius 3 is 2.52 bits per heavy atom. The normalized spacial score (nSPS) is 14.0. The molecule has 2 heterocycles. The van der Waals surface area contributed by atoms with Crippen LogP contribution in [0.2, 0.25) is 5.02 Å². The SMILES string of the molecule is CCOc1ccc([C@@H]2C(C(=O)OC)=CN=c3s/c(=C\c4cc(Cl)c(OCc5ccccc5C#N)c(OC)c4)c(=O)n32)cc1OCC. The number of carbonyl (C=O) groups excluding carboxylic acids is 1. The van der Waals surface area contributed by atoms with Gasteiger partial charge < -0.3 is 23.7 Å². The van der Waals surface area contributed by atoms with E-state index in [9.17, 15) is 14.9 Å². The molecule has 1 aliphatic heterocycles. The summed E-state index contributed by atoms with van der Waals surface area (Å²) in [4.78, 5) is 31.7. The lowest BCUT2D eigenvalue weighted by Crippen LogP contribution is -2.39. The number of nitrogens with zero attached hydrogens (tertiary/aromatic N) is 3. The summed E-state index contributed by atoms with van der Waals surface area (Å²) < 4.78 is 29.9. The number of nitriles is 1. The summed E-state index contributed by atoms with van der Waals surface area (Å²) >= 11 is 7.81. The third kappa shape index (κ3) is 6.49. The van der Waals surface area contributed by atoms with Crippen LogP contribution in [0, 0.1) is 11.3 Å². The lowest BCUT2D eigenvalue weighted by molar-refractivity contribution is -0.136. The molecular formula is C34H30ClN3O7S. The van der Waals surface area contributed by atoms with Crippen molar-refractivity contribution in [2.75, 3.05) is 27.4 Å². The minimum atomic E-state index is -0.828. The molecule has 0 unspecified atom stereocenters. The Morgan fingerprint density at radius 2 is 1.80 bits per heavy atom. The molecule has 5 rings (SSSR count). The van der Waals surface area contributed by atoms with Crippen LogP contribution in [0.15, 0.2) is 76.2 Å². The number of esters is 1. The standard InChI is InChI=1S/C34H30ClN3O7S/c1-5-43-26-12-11-21(16-27(26)44-6-2)30-24(33(40)42-4)18-37-34-38(30)32(39)29(46-34)15-20-13-25(35)31(28(14-20)41-3)45-19-23-10-8-7-9-22(23)17-36/h7-16,18,30H,5-6,19H2,1-4H3/b29-15-/t30-/m1/s1. The number of fused-ring (bicyclic) bond motifs is 1. The topological polar surface area (TPSA) is 121 Å². The summed E-state index contributed by atoms with van der Waals surface area (Å²) in [6.45, 7) is 4.68. The molecule has 0 bridgehead atoms. The van der Waals surface area contributed by atoms with E-state index in [-0.39, 0.29) is 22.8 Å².